The number of hydrogen-bond donors (Lipinski definition) is 2. The first-order valence-corrected chi connectivity index (χ1v) is 9.81. The third-order valence-corrected chi connectivity index (χ3v) is 4.95. The predicted octanol–water partition coefficient (Wildman–Crippen LogP) is 2.37. The first kappa shape index (κ1) is 20.4. The summed E-state index contributed by atoms with van der Waals surface area (Å²) in [5, 5.41) is 2.86. The number of rotatable bonds is 10. The molecule has 24 heavy (non-hydrogen) atoms. The van der Waals surface area contributed by atoms with Crippen LogP contribution in [0.5, 0.6) is 5.75 Å². The zero-order chi connectivity index (χ0) is 18.2. The normalized spacial score (nSPS) is 12.7. The molecular formula is C17H28N2O4S. The van der Waals surface area contributed by atoms with Crippen molar-refractivity contribution < 1.29 is 17.9 Å². The number of amides is 1. The van der Waals surface area contributed by atoms with Crippen LogP contribution in [0.3, 0.4) is 0 Å². The Morgan fingerprint density at radius 2 is 1.96 bits per heavy atom. The maximum absolute atomic E-state index is 12.1. The molecule has 136 valence electrons. The smallest absolute Gasteiger partial charge is 0.258 e. The fourth-order valence-corrected chi connectivity index (χ4v) is 3.45. The third-order valence-electron chi connectivity index (χ3n) is 3.49. The highest BCUT2D eigenvalue weighted by molar-refractivity contribution is 7.89. The van der Waals surface area contributed by atoms with Crippen molar-refractivity contribution in [1.82, 2.24) is 10.0 Å². The first-order chi connectivity index (χ1) is 11.3. The van der Waals surface area contributed by atoms with Crippen LogP contribution >= 0.6 is 0 Å². The van der Waals surface area contributed by atoms with Crippen LogP contribution in [0.4, 0.5) is 0 Å². The topological polar surface area (TPSA) is 84.5 Å². The second-order valence-corrected chi connectivity index (χ2v) is 7.64. The molecule has 0 aliphatic heterocycles. The number of ether oxygens (including phenoxy) is 1. The molecule has 0 radical (unpaired) electrons. The minimum Gasteiger partial charge on any atom is -0.484 e. The summed E-state index contributed by atoms with van der Waals surface area (Å²) in [6, 6.07) is 4.73. The lowest BCUT2D eigenvalue weighted by Crippen LogP contribution is -2.36. The van der Waals surface area contributed by atoms with Gasteiger partial charge in [0.15, 0.2) is 6.61 Å². The van der Waals surface area contributed by atoms with Gasteiger partial charge >= 0.3 is 0 Å². The maximum atomic E-state index is 12.1. The van der Waals surface area contributed by atoms with Gasteiger partial charge in [0.25, 0.3) is 5.91 Å². The Bertz CT molecular complexity index is 644. The van der Waals surface area contributed by atoms with E-state index in [4.69, 9.17) is 4.74 Å². The van der Waals surface area contributed by atoms with Crippen LogP contribution in [0.25, 0.3) is 0 Å². The molecule has 6 nitrogen and oxygen atoms in total. The molecule has 0 unspecified atom stereocenters. The van der Waals surface area contributed by atoms with E-state index >= 15 is 0 Å². The molecule has 1 aromatic rings. The standard InChI is InChI=1S/C17H28N2O4S/c1-5-7-14(4)19-17(20)12-23-16-9-8-15(11-13(16)3)24(21,22)18-10-6-2/h8-9,11,14,18H,5-7,10,12H2,1-4H3,(H,19,20)/t14-/m1/s1. The van der Waals surface area contributed by atoms with E-state index in [2.05, 4.69) is 17.0 Å². The molecule has 0 aliphatic carbocycles. The van der Waals surface area contributed by atoms with Crippen molar-refractivity contribution in [1.29, 1.82) is 0 Å². The van der Waals surface area contributed by atoms with Crippen molar-refractivity contribution in [3.05, 3.63) is 23.8 Å². The molecule has 0 spiro atoms. The Morgan fingerprint density at radius 3 is 2.54 bits per heavy atom. The minimum absolute atomic E-state index is 0.0882. The number of nitrogens with one attached hydrogen (secondary N) is 2. The third kappa shape index (κ3) is 6.49. The van der Waals surface area contributed by atoms with Gasteiger partial charge in [0, 0.05) is 12.6 Å². The zero-order valence-electron chi connectivity index (χ0n) is 14.9. The van der Waals surface area contributed by atoms with Crippen LogP contribution in [-0.2, 0) is 14.8 Å². The Hall–Kier alpha value is -1.60. The maximum Gasteiger partial charge on any atom is 0.258 e. The molecule has 0 aromatic heterocycles. The van der Waals surface area contributed by atoms with E-state index < -0.39 is 10.0 Å². The average molecular weight is 356 g/mol. The Kier molecular flexibility index (Phi) is 8.21. The first-order valence-electron chi connectivity index (χ1n) is 8.32. The summed E-state index contributed by atoms with van der Waals surface area (Å²) in [4.78, 5) is 12.0. The number of carbonyl (C=O) groups is 1. The molecule has 0 heterocycles. The van der Waals surface area contributed by atoms with Gasteiger partial charge in [-0.2, -0.15) is 0 Å². The van der Waals surface area contributed by atoms with Crippen LogP contribution in [-0.4, -0.2) is 33.5 Å². The SMILES string of the molecule is CCCNS(=O)(=O)c1ccc(OCC(=O)N[C@H](C)CCC)c(C)c1. The van der Waals surface area contributed by atoms with Crippen molar-refractivity contribution in [2.75, 3.05) is 13.2 Å². The molecule has 0 saturated heterocycles. The van der Waals surface area contributed by atoms with Gasteiger partial charge in [-0.05, 0) is 50.5 Å². The van der Waals surface area contributed by atoms with Crippen LogP contribution in [0, 0.1) is 6.92 Å². The molecule has 0 saturated carbocycles. The van der Waals surface area contributed by atoms with E-state index in [9.17, 15) is 13.2 Å². The van der Waals surface area contributed by atoms with E-state index in [1.165, 1.54) is 6.07 Å². The fraction of sp³-hybridized carbons (Fsp3) is 0.588. The second kappa shape index (κ2) is 9.64. The summed E-state index contributed by atoms with van der Waals surface area (Å²) >= 11 is 0. The molecular weight excluding hydrogens is 328 g/mol. The summed E-state index contributed by atoms with van der Waals surface area (Å²) in [5.74, 6) is 0.319. The van der Waals surface area contributed by atoms with E-state index in [0.29, 0.717) is 17.9 Å². The summed E-state index contributed by atoms with van der Waals surface area (Å²) in [6.07, 6.45) is 2.65. The largest absolute Gasteiger partial charge is 0.484 e. The van der Waals surface area contributed by atoms with Crippen molar-refractivity contribution >= 4 is 15.9 Å². The van der Waals surface area contributed by atoms with Gasteiger partial charge < -0.3 is 10.1 Å². The predicted molar refractivity (Wildman–Crippen MR) is 94.7 cm³/mol. The van der Waals surface area contributed by atoms with Crippen molar-refractivity contribution in [2.24, 2.45) is 0 Å². The van der Waals surface area contributed by atoms with E-state index in [-0.39, 0.29) is 23.5 Å². The lowest BCUT2D eigenvalue weighted by atomic mass is 10.2. The highest BCUT2D eigenvalue weighted by Crippen LogP contribution is 2.21. The Balaban J connectivity index is 2.67. The monoisotopic (exact) mass is 356 g/mol. The van der Waals surface area contributed by atoms with Crippen LogP contribution in [0.1, 0.15) is 45.6 Å². The van der Waals surface area contributed by atoms with Gasteiger partial charge in [-0.25, -0.2) is 13.1 Å². The molecule has 0 aliphatic rings. The molecule has 1 amide bonds. The van der Waals surface area contributed by atoms with E-state index in [1.807, 2.05) is 13.8 Å². The lowest BCUT2D eigenvalue weighted by Gasteiger charge is -2.14. The summed E-state index contributed by atoms with van der Waals surface area (Å²) < 4.78 is 32.2. The Morgan fingerprint density at radius 1 is 1.25 bits per heavy atom. The van der Waals surface area contributed by atoms with Crippen molar-refractivity contribution in [2.45, 2.75) is 57.9 Å². The number of hydrogen-bond acceptors (Lipinski definition) is 4. The molecule has 0 bridgehead atoms. The summed E-state index contributed by atoms with van der Waals surface area (Å²) in [5.41, 5.74) is 0.670. The minimum atomic E-state index is -3.50. The quantitative estimate of drug-likeness (QED) is 0.674. The van der Waals surface area contributed by atoms with Gasteiger partial charge in [0.05, 0.1) is 4.90 Å². The summed E-state index contributed by atoms with van der Waals surface area (Å²) in [6.45, 7) is 7.98. The lowest BCUT2D eigenvalue weighted by molar-refractivity contribution is -0.123. The summed E-state index contributed by atoms with van der Waals surface area (Å²) in [7, 11) is -3.50. The highest BCUT2D eigenvalue weighted by atomic mass is 32.2. The van der Waals surface area contributed by atoms with E-state index in [0.717, 1.165) is 19.3 Å². The van der Waals surface area contributed by atoms with Crippen LogP contribution in [0.15, 0.2) is 23.1 Å². The van der Waals surface area contributed by atoms with Gasteiger partial charge in [0.1, 0.15) is 5.75 Å². The van der Waals surface area contributed by atoms with Gasteiger partial charge in [-0.3, -0.25) is 4.79 Å². The average Bonchev–Trinajstić information content (AvgIpc) is 2.51. The van der Waals surface area contributed by atoms with Crippen molar-refractivity contribution in [3.63, 3.8) is 0 Å². The molecule has 7 heteroatoms. The number of benzene rings is 1. The molecule has 0 fully saturated rings. The van der Waals surface area contributed by atoms with Crippen molar-refractivity contribution in [3.8, 4) is 5.75 Å². The number of sulfonamides is 1. The van der Waals surface area contributed by atoms with Gasteiger partial charge in [0.2, 0.25) is 10.0 Å². The molecule has 2 N–H and O–H groups in total. The molecule has 1 rings (SSSR count). The van der Waals surface area contributed by atoms with Crippen LogP contribution < -0.4 is 14.8 Å². The Labute approximate surface area is 145 Å². The molecule has 1 atom stereocenters. The highest BCUT2D eigenvalue weighted by Gasteiger charge is 2.15. The van der Waals surface area contributed by atoms with E-state index in [1.54, 1.807) is 19.1 Å². The van der Waals surface area contributed by atoms with Crippen LogP contribution in [0.2, 0.25) is 0 Å². The second-order valence-electron chi connectivity index (χ2n) is 5.87. The zero-order valence-corrected chi connectivity index (χ0v) is 15.7. The van der Waals surface area contributed by atoms with Gasteiger partial charge in [-0.1, -0.05) is 20.3 Å². The van der Waals surface area contributed by atoms with Gasteiger partial charge in [-0.15, -0.1) is 0 Å². The number of carbonyl (C=O) groups excluding carboxylic acids is 1. The number of aryl methyl sites for hydroxylation is 1. The molecule has 1 aromatic carbocycles. The fourth-order valence-electron chi connectivity index (χ4n) is 2.24.